The minimum atomic E-state index is -0.218. The molecular weight excluding hydrogens is 132 g/mol. The summed E-state index contributed by atoms with van der Waals surface area (Å²) in [7, 11) is 0. The molecule has 0 spiro atoms. The smallest absolute Gasteiger partial charge is 0.314 e. The van der Waals surface area contributed by atoms with E-state index < -0.39 is 0 Å². The van der Waals surface area contributed by atoms with Crippen LogP contribution in [0.1, 0.15) is 13.3 Å². The molecule has 0 aliphatic carbocycles. The molecule has 0 aromatic carbocycles. The highest BCUT2D eigenvalue weighted by atomic mass is 16.2. The Bertz CT molecular complexity index is 114. The van der Waals surface area contributed by atoms with Gasteiger partial charge in [0.15, 0.2) is 0 Å². The van der Waals surface area contributed by atoms with Crippen LogP contribution in [0.2, 0.25) is 0 Å². The number of hydrogen-bond donors (Lipinski definition) is 2. The van der Waals surface area contributed by atoms with Gasteiger partial charge in [-0.2, -0.15) is 0 Å². The van der Waals surface area contributed by atoms with Gasteiger partial charge in [-0.25, -0.2) is 4.79 Å². The molecule has 0 atom stereocenters. The summed E-state index contributed by atoms with van der Waals surface area (Å²) in [6.07, 6.45) is 1.14. The minimum absolute atomic E-state index is 0.218. The summed E-state index contributed by atoms with van der Waals surface area (Å²) in [5, 5.41) is 5.04. The second-order valence-electron chi connectivity index (χ2n) is 1.74. The van der Waals surface area contributed by atoms with Crippen LogP contribution in [0.25, 0.3) is 0 Å². The first-order valence-corrected chi connectivity index (χ1v) is 3.26. The number of hydrogen-bond acceptors (Lipinski definition) is 2. The lowest BCUT2D eigenvalue weighted by molar-refractivity contribution is -0.107. The van der Waals surface area contributed by atoms with Crippen LogP contribution >= 0.6 is 0 Å². The standard InChI is InChI=1S/C6H12N2O2/c1-2-7-6(10)8-4-3-5-9/h5H,2-4H2,1H3,(H2,7,8,10). The van der Waals surface area contributed by atoms with Crippen molar-refractivity contribution in [1.29, 1.82) is 0 Å². The van der Waals surface area contributed by atoms with Gasteiger partial charge in [-0.05, 0) is 6.92 Å². The summed E-state index contributed by atoms with van der Waals surface area (Å²) in [4.78, 5) is 20.4. The lowest BCUT2D eigenvalue weighted by Gasteiger charge is -2.01. The lowest BCUT2D eigenvalue weighted by Crippen LogP contribution is -2.35. The van der Waals surface area contributed by atoms with Crippen molar-refractivity contribution in [2.24, 2.45) is 0 Å². The second-order valence-corrected chi connectivity index (χ2v) is 1.74. The number of aldehydes is 1. The molecule has 0 aliphatic heterocycles. The molecule has 0 heterocycles. The molecular formula is C6H12N2O2. The molecule has 4 nitrogen and oxygen atoms in total. The monoisotopic (exact) mass is 144 g/mol. The Balaban J connectivity index is 3.13. The van der Waals surface area contributed by atoms with Crippen LogP contribution in [0.4, 0.5) is 4.79 Å². The molecule has 4 heteroatoms. The van der Waals surface area contributed by atoms with Crippen molar-refractivity contribution < 1.29 is 9.59 Å². The van der Waals surface area contributed by atoms with E-state index >= 15 is 0 Å². The molecule has 0 fully saturated rings. The molecule has 10 heavy (non-hydrogen) atoms. The normalized spacial score (nSPS) is 8.50. The van der Waals surface area contributed by atoms with E-state index in [9.17, 15) is 9.59 Å². The molecule has 0 saturated heterocycles. The third kappa shape index (κ3) is 5.08. The van der Waals surface area contributed by atoms with Gasteiger partial charge >= 0.3 is 6.03 Å². The van der Waals surface area contributed by atoms with Crippen molar-refractivity contribution in [3.05, 3.63) is 0 Å². The van der Waals surface area contributed by atoms with Crippen molar-refractivity contribution in [1.82, 2.24) is 10.6 Å². The van der Waals surface area contributed by atoms with Crippen LogP contribution in [-0.4, -0.2) is 25.4 Å². The highest BCUT2D eigenvalue weighted by Crippen LogP contribution is 1.68. The van der Waals surface area contributed by atoms with Crippen LogP contribution in [-0.2, 0) is 4.79 Å². The Kier molecular flexibility index (Phi) is 5.42. The topological polar surface area (TPSA) is 58.2 Å². The van der Waals surface area contributed by atoms with Gasteiger partial charge in [0.1, 0.15) is 6.29 Å². The Morgan fingerprint density at radius 3 is 2.70 bits per heavy atom. The van der Waals surface area contributed by atoms with E-state index in [1.165, 1.54) is 0 Å². The quantitative estimate of drug-likeness (QED) is 0.427. The van der Waals surface area contributed by atoms with E-state index in [-0.39, 0.29) is 6.03 Å². The first-order valence-electron chi connectivity index (χ1n) is 3.26. The largest absolute Gasteiger partial charge is 0.338 e. The SMILES string of the molecule is CCNC(=O)NCCC=O. The molecule has 0 unspecified atom stereocenters. The number of urea groups is 1. The summed E-state index contributed by atoms with van der Waals surface area (Å²) < 4.78 is 0. The zero-order valence-electron chi connectivity index (χ0n) is 6.02. The van der Waals surface area contributed by atoms with Gasteiger partial charge < -0.3 is 15.4 Å². The Morgan fingerprint density at radius 2 is 2.20 bits per heavy atom. The van der Waals surface area contributed by atoms with Crippen molar-refractivity contribution in [2.75, 3.05) is 13.1 Å². The molecule has 2 amide bonds. The summed E-state index contributed by atoms with van der Waals surface area (Å²) in [5.41, 5.74) is 0. The van der Waals surface area contributed by atoms with Crippen molar-refractivity contribution in [2.45, 2.75) is 13.3 Å². The number of carbonyl (C=O) groups excluding carboxylic acids is 2. The predicted molar refractivity (Wildman–Crippen MR) is 37.8 cm³/mol. The van der Waals surface area contributed by atoms with Crippen LogP contribution in [0.5, 0.6) is 0 Å². The van der Waals surface area contributed by atoms with Gasteiger partial charge in [0.25, 0.3) is 0 Å². The third-order valence-corrected chi connectivity index (χ3v) is 0.885. The molecule has 0 rings (SSSR count). The highest BCUT2D eigenvalue weighted by Gasteiger charge is 1.93. The average Bonchev–Trinajstić information content (AvgIpc) is 1.89. The first-order chi connectivity index (χ1) is 4.81. The zero-order valence-corrected chi connectivity index (χ0v) is 6.02. The summed E-state index contributed by atoms with van der Waals surface area (Å²) >= 11 is 0. The minimum Gasteiger partial charge on any atom is -0.338 e. The number of carbonyl (C=O) groups is 2. The average molecular weight is 144 g/mol. The maximum absolute atomic E-state index is 10.6. The van der Waals surface area contributed by atoms with Crippen molar-refractivity contribution in [3.63, 3.8) is 0 Å². The number of amides is 2. The Labute approximate surface area is 60.0 Å². The molecule has 0 saturated carbocycles. The highest BCUT2D eigenvalue weighted by molar-refractivity contribution is 5.73. The first kappa shape index (κ1) is 8.94. The van der Waals surface area contributed by atoms with Crippen LogP contribution < -0.4 is 10.6 Å². The molecule has 0 aliphatic rings. The van der Waals surface area contributed by atoms with Gasteiger partial charge in [0.2, 0.25) is 0 Å². The van der Waals surface area contributed by atoms with Crippen LogP contribution in [0, 0.1) is 0 Å². The van der Waals surface area contributed by atoms with Gasteiger partial charge in [-0.1, -0.05) is 0 Å². The molecule has 0 bridgehead atoms. The number of rotatable bonds is 4. The third-order valence-electron chi connectivity index (χ3n) is 0.885. The predicted octanol–water partition coefficient (Wildman–Crippen LogP) is -0.105. The summed E-state index contributed by atoms with van der Waals surface area (Å²) in [5.74, 6) is 0. The van der Waals surface area contributed by atoms with E-state index in [1.54, 1.807) is 0 Å². The maximum atomic E-state index is 10.6. The molecule has 0 aromatic heterocycles. The van der Waals surface area contributed by atoms with E-state index in [1.807, 2.05) is 6.92 Å². The van der Waals surface area contributed by atoms with Crippen molar-refractivity contribution in [3.8, 4) is 0 Å². The molecule has 2 N–H and O–H groups in total. The maximum Gasteiger partial charge on any atom is 0.314 e. The van der Waals surface area contributed by atoms with E-state index in [4.69, 9.17) is 0 Å². The number of nitrogens with one attached hydrogen (secondary N) is 2. The molecule has 58 valence electrons. The Hall–Kier alpha value is -1.06. The van der Waals surface area contributed by atoms with E-state index in [0.29, 0.717) is 19.5 Å². The molecule has 0 aromatic rings. The zero-order chi connectivity index (χ0) is 7.82. The van der Waals surface area contributed by atoms with Crippen LogP contribution in [0.15, 0.2) is 0 Å². The second kappa shape index (κ2) is 6.07. The van der Waals surface area contributed by atoms with Gasteiger partial charge in [0.05, 0.1) is 0 Å². The van der Waals surface area contributed by atoms with E-state index in [0.717, 1.165) is 6.29 Å². The van der Waals surface area contributed by atoms with Gasteiger partial charge in [0, 0.05) is 19.5 Å². The van der Waals surface area contributed by atoms with Crippen molar-refractivity contribution >= 4 is 12.3 Å². The lowest BCUT2D eigenvalue weighted by atomic mass is 10.5. The summed E-state index contributed by atoms with van der Waals surface area (Å²) in [6, 6.07) is -0.218. The Morgan fingerprint density at radius 1 is 1.50 bits per heavy atom. The van der Waals surface area contributed by atoms with Gasteiger partial charge in [-0.15, -0.1) is 0 Å². The fourth-order valence-corrected chi connectivity index (χ4v) is 0.468. The fourth-order valence-electron chi connectivity index (χ4n) is 0.468. The fraction of sp³-hybridized carbons (Fsp3) is 0.667. The van der Waals surface area contributed by atoms with E-state index in [2.05, 4.69) is 10.6 Å². The summed E-state index contributed by atoms with van der Waals surface area (Å²) in [6.45, 7) is 2.85. The van der Waals surface area contributed by atoms with Crippen LogP contribution in [0.3, 0.4) is 0 Å². The van der Waals surface area contributed by atoms with Gasteiger partial charge in [-0.3, -0.25) is 0 Å². The molecule has 0 radical (unpaired) electrons.